The zero-order chi connectivity index (χ0) is 14.1. The number of hydrogen-bond donors (Lipinski definition) is 3. The van der Waals surface area contributed by atoms with Crippen LogP contribution in [0.1, 0.15) is 30.9 Å². The maximum absolute atomic E-state index is 13.4. The van der Waals surface area contributed by atoms with E-state index in [0.29, 0.717) is 0 Å². The fraction of sp³-hybridized carbons (Fsp3) is 0.600. The molecule has 2 aliphatic rings. The van der Waals surface area contributed by atoms with E-state index in [-0.39, 0.29) is 17.5 Å². The number of phenolic OH excluding ortho intramolecular Hbond substituents is 1. The van der Waals surface area contributed by atoms with E-state index in [2.05, 4.69) is 10.2 Å². The Morgan fingerprint density at radius 2 is 2.05 bits per heavy atom. The van der Waals surface area contributed by atoms with Crippen LogP contribution in [-0.2, 0) is 0 Å². The lowest BCUT2D eigenvalue weighted by atomic mass is 9.97. The van der Waals surface area contributed by atoms with Crippen molar-refractivity contribution < 1.29 is 9.50 Å². The average Bonchev–Trinajstić information content (AvgIpc) is 3.28. The Morgan fingerprint density at radius 3 is 2.70 bits per heavy atom. The van der Waals surface area contributed by atoms with Gasteiger partial charge in [0.25, 0.3) is 0 Å². The minimum atomic E-state index is -0.545. The summed E-state index contributed by atoms with van der Waals surface area (Å²) >= 11 is 0. The van der Waals surface area contributed by atoms with E-state index in [0.717, 1.165) is 44.1 Å². The van der Waals surface area contributed by atoms with Crippen molar-refractivity contribution in [2.45, 2.75) is 25.3 Å². The summed E-state index contributed by atoms with van der Waals surface area (Å²) in [6.07, 6.45) is 3.55. The maximum atomic E-state index is 13.4. The molecule has 5 heteroatoms. The van der Waals surface area contributed by atoms with Gasteiger partial charge in [-0.1, -0.05) is 18.9 Å². The van der Waals surface area contributed by atoms with E-state index in [4.69, 9.17) is 5.73 Å². The van der Waals surface area contributed by atoms with Gasteiger partial charge in [0.05, 0.1) is 0 Å². The molecule has 1 atom stereocenters. The Labute approximate surface area is 118 Å². The van der Waals surface area contributed by atoms with Gasteiger partial charge < -0.3 is 16.2 Å². The van der Waals surface area contributed by atoms with Gasteiger partial charge in [-0.05, 0) is 18.4 Å². The molecule has 0 bridgehead atoms. The highest BCUT2D eigenvalue weighted by Crippen LogP contribution is 2.43. The lowest BCUT2D eigenvalue weighted by Gasteiger charge is -2.35. The molecule has 1 saturated carbocycles. The molecule has 20 heavy (non-hydrogen) atoms. The summed E-state index contributed by atoms with van der Waals surface area (Å²) in [7, 11) is 0. The second kappa shape index (κ2) is 5.58. The van der Waals surface area contributed by atoms with Crippen LogP contribution < -0.4 is 11.1 Å². The van der Waals surface area contributed by atoms with Crippen LogP contribution in [0.5, 0.6) is 5.75 Å². The normalized spacial score (nSPS) is 21.9. The average molecular weight is 279 g/mol. The summed E-state index contributed by atoms with van der Waals surface area (Å²) in [6.45, 7) is 3.82. The Balaban J connectivity index is 1.89. The molecular weight excluding hydrogens is 257 g/mol. The van der Waals surface area contributed by atoms with E-state index in [1.54, 1.807) is 6.07 Å². The Bertz CT molecular complexity index is 484. The van der Waals surface area contributed by atoms with Gasteiger partial charge in [-0.3, -0.25) is 4.90 Å². The third kappa shape index (κ3) is 2.74. The minimum Gasteiger partial charge on any atom is -0.505 e. The molecule has 0 amide bonds. The van der Waals surface area contributed by atoms with E-state index < -0.39 is 5.82 Å². The lowest BCUT2D eigenvalue weighted by molar-refractivity contribution is 0.158. The number of phenols is 1. The van der Waals surface area contributed by atoms with Crippen LogP contribution in [0.4, 0.5) is 10.1 Å². The monoisotopic (exact) mass is 279 g/mol. The van der Waals surface area contributed by atoms with Gasteiger partial charge >= 0.3 is 0 Å². The van der Waals surface area contributed by atoms with Gasteiger partial charge in [0.2, 0.25) is 0 Å². The van der Waals surface area contributed by atoms with Gasteiger partial charge in [-0.2, -0.15) is 0 Å². The van der Waals surface area contributed by atoms with Crippen molar-refractivity contribution in [3.8, 4) is 5.75 Å². The van der Waals surface area contributed by atoms with Gasteiger partial charge in [-0.15, -0.1) is 0 Å². The molecule has 3 rings (SSSR count). The number of nitrogens with zero attached hydrogens (tertiary/aromatic N) is 1. The number of piperazine rings is 1. The fourth-order valence-corrected chi connectivity index (χ4v) is 3.00. The second-order valence-electron chi connectivity index (χ2n) is 5.88. The molecule has 4 nitrogen and oxygen atoms in total. The number of nitrogens with two attached hydrogens (primary N) is 1. The summed E-state index contributed by atoms with van der Waals surface area (Å²) in [5, 5.41) is 13.5. The third-order valence-electron chi connectivity index (χ3n) is 4.40. The largest absolute Gasteiger partial charge is 0.505 e. The first-order chi connectivity index (χ1) is 9.66. The zero-order valence-corrected chi connectivity index (χ0v) is 11.6. The smallest absolute Gasteiger partial charge is 0.149 e. The summed E-state index contributed by atoms with van der Waals surface area (Å²) < 4.78 is 13.4. The van der Waals surface area contributed by atoms with Crippen molar-refractivity contribution in [1.29, 1.82) is 0 Å². The van der Waals surface area contributed by atoms with Gasteiger partial charge in [0.15, 0.2) is 0 Å². The number of aromatic hydroxyl groups is 1. The van der Waals surface area contributed by atoms with Crippen LogP contribution >= 0.6 is 0 Å². The molecule has 0 aromatic heterocycles. The molecule has 0 unspecified atom stereocenters. The van der Waals surface area contributed by atoms with Gasteiger partial charge in [-0.25, -0.2) is 4.39 Å². The predicted molar refractivity (Wildman–Crippen MR) is 77.0 cm³/mol. The number of benzene rings is 1. The summed E-state index contributed by atoms with van der Waals surface area (Å²) in [4.78, 5) is 2.38. The van der Waals surface area contributed by atoms with E-state index in [1.807, 2.05) is 0 Å². The Morgan fingerprint density at radius 1 is 1.35 bits per heavy atom. The zero-order valence-electron chi connectivity index (χ0n) is 11.6. The SMILES string of the molecule is Nc1c(F)ccc([C@H](CC2CC2)N2CCNCC2)c1O. The molecule has 1 aliphatic carbocycles. The molecule has 0 spiro atoms. The Hall–Kier alpha value is -1.33. The van der Waals surface area contributed by atoms with Crippen molar-refractivity contribution in [2.24, 2.45) is 5.92 Å². The predicted octanol–water partition coefficient (Wildman–Crippen LogP) is 1.86. The fourth-order valence-electron chi connectivity index (χ4n) is 3.00. The molecule has 110 valence electrons. The van der Waals surface area contributed by atoms with Crippen molar-refractivity contribution in [3.05, 3.63) is 23.5 Å². The molecule has 1 saturated heterocycles. The molecule has 1 heterocycles. The molecule has 1 aliphatic heterocycles. The third-order valence-corrected chi connectivity index (χ3v) is 4.40. The van der Waals surface area contributed by atoms with Crippen LogP contribution in [0, 0.1) is 11.7 Å². The van der Waals surface area contributed by atoms with Gasteiger partial charge in [0.1, 0.15) is 17.3 Å². The molecule has 1 aromatic carbocycles. The number of nitrogens with one attached hydrogen (secondary N) is 1. The Kier molecular flexibility index (Phi) is 3.81. The van der Waals surface area contributed by atoms with Crippen molar-refractivity contribution >= 4 is 5.69 Å². The van der Waals surface area contributed by atoms with E-state index >= 15 is 0 Å². The van der Waals surface area contributed by atoms with E-state index in [1.165, 1.54) is 18.9 Å². The molecule has 1 aromatic rings. The van der Waals surface area contributed by atoms with Crippen LogP contribution in [0.3, 0.4) is 0 Å². The first kappa shape index (κ1) is 13.6. The molecule has 4 N–H and O–H groups in total. The van der Waals surface area contributed by atoms with Gasteiger partial charge in [0, 0.05) is 37.8 Å². The van der Waals surface area contributed by atoms with Crippen LogP contribution in [0.2, 0.25) is 0 Å². The van der Waals surface area contributed by atoms with Crippen LogP contribution in [0.25, 0.3) is 0 Å². The number of rotatable bonds is 4. The van der Waals surface area contributed by atoms with Crippen LogP contribution in [-0.4, -0.2) is 36.2 Å². The van der Waals surface area contributed by atoms with Crippen LogP contribution in [0.15, 0.2) is 12.1 Å². The standard InChI is InChI=1S/C15H22FN3O/c16-12-4-3-11(15(20)14(12)17)13(9-10-1-2-10)19-7-5-18-6-8-19/h3-4,10,13,18,20H,1-2,5-9,17H2/t13-/m0/s1. The molecule has 2 fully saturated rings. The number of hydrogen-bond acceptors (Lipinski definition) is 4. The first-order valence-electron chi connectivity index (χ1n) is 7.38. The highest BCUT2D eigenvalue weighted by Gasteiger charge is 2.32. The number of anilines is 1. The summed E-state index contributed by atoms with van der Waals surface area (Å²) in [5.74, 6) is 0.117. The van der Waals surface area contributed by atoms with Crippen molar-refractivity contribution in [3.63, 3.8) is 0 Å². The lowest BCUT2D eigenvalue weighted by Crippen LogP contribution is -2.45. The topological polar surface area (TPSA) is 61.5 Å². The van der Waals surface area contributed by atoms with Crippen molar-refractivity contribution in [1.82, 2.24) is 10.2 Å². The molecular formula is C15H22FN3O. The minimum absolute atomic E-state index is 0.0748. The number of nitrogen functional groups attached to an aromatic ring is 1. The van der Waals surface area contributed by atoms with Crippen molar-refractivity contribution in [2.75, 3.05) is 31.9 Å². The highest BCUT2D eigenvalue weighted by molar-refractivity contribution is 5.57. The number of halogens is 1. The maximum Gasteiger partial charge on any atom is 0.149 e. The first-order valence-corrected chi connectivity index (χ1v) is 7.38. The van der Waals surface area contributed by atoms with E-state index in [9.17, 15) is 9.50 Å². The highest BCUT2D eigenvalue weighted by atomic mass is 19.1. The quantitative estimate of drug-likeness (QED) is 0.581. The summed E-state index contributed by atoms with van der Waals surface area (Å²) in [6, 6.07) is 3.20. The summed E-state index contributed by atoms with van der Waals surface area (Å²) in [5.41, 5.74) is 6.29. The molecule has 0 radical (unpaired) electrons. The second-order valence-corrected chi connectivity index (χ2v) is 5.88.